The average Bonchev–Trinajstić information content (AvgIpc) is 3.46. The first-order valence-electron chi connectivity index (χ1n) is 14.4. The Morgan fingerprint density at radius 1 is 1.06 bits per heavy atom. The molecule has 0 N–H and O–H groups in total. The van der Waals surface area contributed by atoms with Gasteiger partial charge in [0.2, 0.25) is 0 Å². The summed E-state index contributed by atoms with van der Waals surface area (Å²) in [5, 5.41) is 0. The Balaban J connectivity index is 1.16. The molecular formula is C29H43BrO5. The molecule has 35 heavy (non-hydrogen) atoms. The highest BCUT2D eigenvalue weighted by Crippen LogP contribution is 2.75. The summed E-state index contributed by atoms with van der Waals surface area (Å²) >= 11 is 4.00. The summed E-state index contributed by atoms with van der Waals surface area (Å²) in [5.74, 6) is 3.51. The average molecular weight is 552 g/mol. The fourth-order valence-electron chi connectivity index (χ4n) is 11.0. The largest absolute Gasteiger partial charge is 0.463 e. The maximum absolute atomic E-state index is 11.6. The van der Waals surface area contributed by atoms with Gasteiger partial charge >= 0.3 is 5.97 Å². The van der Waals surface area contributed by atoms with Crippen LogP contribution < -0.4 is 0 Å². The molecule has 0 radical (unpaired) electrons. The molecule has 7 fully saturated rings. The molecule has 0 aromatic rings. The number of ether oxygens (including phenoxy) is 4. The SMILES string of the molecule is CC(=O)O[C@@H]1CC[C@@]2(C)[C@@H](CC[C@H]3[C@@H]2[C@@H]2O[C@@H]2[C@@]2(C)[C@@H]4[C@H](C[C@@H]32)O[C@@]2(OC[C@H](C)C[C@@H]2Br)[C@H]4C)C1. The first-order chi connectivity index (χ1) is 16.6. The van der Waals surface area contributed by atoms with Gasteiger partial charge in [-0.15, -0.1) is 0 Å². The van der Waals surface area contributed by atoms with Gasteiger partial charge in [-0.25, -0.2) is 0 Å². The third-order valence-corrected chi connectivity index (χ3v) is 13.5. The van der Waals surface area contributed by atoms with Crippen molar-refractivity contribution in [2.24, 2.45) is 52.3 Å². The van der Waals surface area contributed by atoms with E-state index in [1.165, 1.54) is 12.8 Å². The zero-order valence-corrected chi connectivity index (χ0v) is 23.6. The lowest BCUT2D eigenvalue weighted by Gasteiger charge is -2.59. The molecule has 5 nitrogen and oxygen atoms in total. The molecule has 7 rings (SSSR count). The predicted molar refractivity (Wildman–Crippen MR) is 135 cm³/mol. The first-order valence-corrected chi connectivity index (χ1v) is 15.3. The van der Waals surface area contributed by atoms with Crippen LogP contribution in [0.15, 0.2) is 0 Å². The lowest BCUT2D eigenvalue weighted by atomic mass is 9.44. The maximum atomic E-state index is 11.6. The van der Waals surface area contributed by atoms with Crippen molar-refractivity contribution in [3.63, 3.8) is 0 Å². The Morgan fingerprint density at radius 3 is 2.60 bits per heavy atom. The third kappa shape index (κ3) is 3.06. The second-order valence-corrected chi connectivity index (χ2v) is 15.1. The highest BCUT2D eigenvalue weighted by molar-refractivity contribution is 9.09. The van der Waals surface area contributed by atoms with E-state index in [0.29, 0.717) is 53.1 Å². The molecule has 196 valence electrons. The summed E-state index contributed by atoms with van der Waals surface area (Å²) < 4.78 is 26.0. The van der Waals surface area contributed by atoms with E-state index in [9.17, 15) is 4.79 Å². The molecular weight excluding hydrogens is 508 g/mol. The number of epoxide rings is 1. The van der Waals surface area contributed by atoms with Gasteiger partial charge in [0.1, 0.15) is 6.10 Å². The molecule has 0 aromatic carbocycles. The van der Waals surface area contributed by atoms with Gasteiger partial charge in [0.25, 0.3) is 0 Å². The van der Waals surface area contributed by atoms with Crippen LogP contribution in [0.1, 0.15) is 79.6 Å². The molecule has 3 heterocycles. The molecule has 7 aliphatic rings. The van der Waals surface area contributed by atoms with Gasteiger partial charge < -0.3 is 18.9 Å². The minimum Gasteiger partial charge on any atom is -0.463 e. The van der Waals surface area contributed by atoms with E-state index in [-0.39, 0.29) is 28.4 Å². The van der Waals surface area contributed by atoms with Crippen LogP contribution >= 0.6 is 15.9 Å². The fourth-order valence-corrected chi connectivity index (χ4v) is 12.3. The molecule has 6 heteroatoms. The van der Waals surface area contributed by atoms with E-state index in [2.05, 4.69) is 43.6 Å². The summed E-state index contributed by atoms with van der Waals surface area (Å²) in [4.78, 5) is 11.9. The van der Waals surface area contributed by atoms with Crippen molar-refractivity contribution >= 4 is 21.9 Å². The number of esters is 1. The second-order valence-electron chi connectivity index (χ2n) is 14.0. The molecule has 1 spiro atoms. The monoisotopic (exact) mass is 550 g/mol. The molecule has 4 saturated carbocycles. The third-order valence-electron chi connectivity index (χ3n) is 12.5. The molecule has 0 amide bonds. The van der Waals surface area contributed by atoms with Crippen LogP contribution in [-0.2, 0) is 23.7 Å². The van der Waals surface area contributed by atoms with Gasteiger partial charge in [-0.2, -0.15) is 0 Å². The number of alkyl halides is 1. The minimum atomic E-state index is -0.476. The summed E-state index contributed by atoms with van der Waals surface area (Å²) in [6.07, 6.45) is 9.19. The van der Waals surface area contributed by atoms with Gasteiger partial charge in [0.05, 0.1) is 29.7 Å². The Kier molecular flexibility index (Phi) is 5.26. The van der Waals surface area contributed by atoms with Gasteiger partial charge in [-0.05, 0) is 80.0 Å². The predicted octanol–water partition coefficient (Wildman–Crippen LogP) is 5.73. The summed E-state index contributed by atoms with van der Waals surface area (Å²) in [7, 11) is 0. The van der Waals surface area contributed by atoms with Crippen LogP contribution in [0.25, 0.3) is 0 Å². The minimum absolute atomic E-state index is 0.110. The van der Waals surface area contributed by atoms with Crippen molar-refractivity contribution in [3.8, 4) is 0 Å². The normalized spacial score (nSPS) is 62.3. The van der Waals surface area contributed by atoms with Gasteiger partial charge in [0, 0.05) is 24.2 Å². The van der Waals surface area contributed by atoms with E-state index >= 15 is 0 Å². The van der Waals surface area contributed by atoms with Crippen LogP contribution in [0.5, 0.6) is 0 Å². The van der Waals surface area contributed by atoms with Crippen LogP contribution in [0.3, 0.4) is 0 Å². The lowest BCUT2D eigenvalue weighted by molar-refractivity contribution is -0.267. The van der Waals surface area contributed by atoms with Crippen molar-refractivity contribution in [3.05, 3.63) is 0 Å². The quantitative estimate of drug-likeness (QED) is 0.237. The van der Waals surface area contributed by atoms with Gasteiger partial charge in [-0.1, -0.05) is 43.6 Å². The molecule has 15 atom stereocenters. The lowest BCUT2D eigenvalue weighted by Crippen LogP contribution is -2.59. The van der Waals surface area contributed by atoms with E-state index in [4.69, 9.17) is 18.9 Å². The number of rotatable bonds is 1. The number of hydrogen-bond donors (Lipinski definition) is 0. The van der Waals surface area contributed by atoms with E-state index in [0.717, 1.165) is 44.6 Å². The Morgan fingerprint density at radius 2 is 1.86 bits per heavy atom. The second kappa shape index (κ2) is 7.70. The van der Waals surface area contributed by atoms with Crippen LogP contribution in [0.2, 0.25) is 0 Å². The van der Waals surface area contributed by atoms with Crippen LogP contribution in [0, 0.1) is 52.3 Å². The van der Waals surface area contributed by atoms with Crippen LogP contribution in [0.4, 0.5) is 0 Å². The van der Waals surface area contributed by atoms with Crippen molar-refractivity contribution < 1.29 is 23.7 Å². The van der Waals surface area contributed by atoms with Crippen molar-refractivity contribution in [1.29, 1.82) is 0 Å². The van der Waals surface area contributed by atoms with E-state index in [1.807, 2.05) is 0 Å². The molecule has 3 aliphatic heterocycles. The smallest absolute Gasteiger partial charge is 0.302 e. The highest BCUT2D eigenvalue weighted by Gasteiger charge is 2.78. The summed E-state index contributed by atoms with van der Waals surface area (Å²) in [6.45, 7) is 12.1. The zero-order chi connectivity index (χ0) is 24.5. The number of hydrogen-bond acceptors (Lipinski definition) is 5. The molecule has 0 unspecified atom stereocenters. The van der Waals surface area contributed by atoms with Gasteiger partial charge in [0.15, 0.2) is 5.79 Å². The fraction of sp³-hybridized carbons (Fsp3) is 0.966. The van der Waals surface area contributed by atoms with E-state index in [1.54, 1.807) is 6.92 Å². The van der Waals surface area contributed by atoms with Crippen molar-refractivity contribution in [1.82, 2.24) is 0 Å². The molecule has 3 saturated heterocycles. The standard InChI is InChI=1S/C29H43BrO5/c1-14-10-22(30)29(32-13-14)15(2)23-21(35-29)12-20-19-7-6-17-11-18(33-16(3)31)8-9-27(17,4)24(19)25-26(34-25)28(20,23)5/h14-15,17-26H,6-13H2,1-5H3/t14-,15+,17+,18-,19-,20+,21+,22+,23+,24-,25+,26+,27+,28-,29+/m1/s1. The first kappa shape index (κ1) is 23.9. The molecule has 0 bridgehead atoms. The zero-order valence-electron chi connectivity index (χ0n) is 22.0. The summed E-state index contributed by atoms with van der Waals surface area (Å²) in [5.41, 5.74) is 0.478. The van der Waals surface area contributed by atoms with Gasteiger partial charge in [-0.3, -0.25) is 4.79 Å². The molecule has 0 aromatic heterocycles. The van der Waals surface area contributed by atoms with Crippen LogP contribution in [-0.4, -0.2) is 47.6 Å². The molecule has 4 aliphatic carbocycles. The topological polar surface area (TPSA) is 57.3 Å². The maximum Gasteiger partial charge on any atom is 0.302 e. The Bertz CT molecular complexity index is 912. The summed E-state index contributed by atoms with van der Waals surface area (Å²) in [6, 6.07) is 0. The number of halogens is 1. The Labute approximate surface area is 218 Å². The number of carbonyl (C=O) groups excluding carboxylic acids is 1. The highest BCUT2D eigenvalue weighted by atomic mass is 79.9. The Hall–Kier alpha value is -0.170. The number of carbonyl (C=O) groups is 1. The van der Waals surface area contributed by atoms with Crippen molar-refractivity contribution in [2.75, 3.05) is 6.61 Å². The van der Waals surface area contributed by atoms with E-state index < -0.39 is 5.79 Å². The number of fused-ring (bicyclic) bond motifs is 10. The van der Waals surface area contributed by atoms with Crippen molar-refractivity contribution in [2.45, 2.75) is 115 Å².